The van der Waals surface area contributed by atoms with Crippen molar-refractivity contribution >= 4 is 49.1 Å². The number of rotatable bonds is 2. The van der Waals surface area contributed by atoms with Crippen molar-refractivity contribution in [2.45, 2.75) is 27.7 Å². The smallest absolute Gasteiger partial charge is 0.258 e. The van der Waals surface area contributed by atoms with E-state index in [2.05, 4.69) is 33.2 Å². The Morgan fingerprint density at radius 3 is 2.64 bits per heavy atom. The number of hydrogen-bond donors (Lipinski definition) is 2. The first-order valence-corrected chi connectivity index (χ1v) is 8.65. The van der Waals surface area contributed by atoms with E-state index >= 15 is 0 Å². The molecule has 1 aromatic carbocycles. The highest BCUT2D eigenvalue weighted by atomic mass is 79.9. The van der Waals surface area contributed by atoms with Crippen LogP contribution in [0.2, 0.25) is 0 Å². The fraction of sp³-hybridized carbons (Fsp3) is 0.235. The SMILES string of the molecule is Cc1ccc(NC(=O)c2c(C)sc3c(C)c(C)[nH]c23)c(Br)c1. The number of carbonyl (C=O) groups is 1. The third-order valence-corrected chi connectivity index (χ3v) is 5.78. The summed E-state index contributed by atoms with van der Waals surface area (Å²) in [7, 11) is 0. The molecule has 0 saturated heterocycles. The van der Waals surface area contributed by atoms with E-state index in [0.29, 0.717) is 0 Å². The summed E-state index contributed by atoms with van der Waals surface area (Å²) >= 11 is 5.17. The molecule has 1 amide bonds. The minimum absolute atomic E-state index is 0.0745. The van der Waals surface area contributed by atoms with Gasteiger partial charge in [0.25, 0.3) is 5.91 Å². The van der Waals surface area contributed by atoms with Gasteiger partial charge in [0.1, 0.15) is 0 Å². The molecule has 0 radical (unpaired) electrons. The topological polar surface area (TPSA) is 44.9 Å². The van der Waals surface area contributed by atoms with Gasteiger partial charge in [0.2, 0.25) is 0 Å². The zero-order chi connectivity index (χ0) is 16.0. The van der Waals surface area contributed by atoms with Crippen molar-refractivity contribution < 1.29 is 4.79 Å². The highest BCUT2D eigenvalue weighted by molar-refractivity contribution is 9.10. The van der Waals surface area contributed by atoms with Crippen LogP contribution in [0, 0.1) is 27.7 Å². The van der Waals surface area contributed by atoms with Crippen LogP contribution in [-0.2, 0) is 0 Å². The third-order valence-electron chi connectivity index (χ3n) is 3.90. The maximum absolute atomic E-state index is 12.7. The predicted octanol–water partition coefficient (Wildman–Crippen LogP) is 5.48. The number of halogens is 1. The van der Waals surface area contributed by atoms with Gasteiger partial charge in [-0.1, -0.05) is 6.07 Å². The molecule has 0 bridgehead atoms. The first-order chi connectivity index (χ1) is 10.4. The van der Waals surface area contributed by atoms with Gasteiger partial charge < -0.3 is 10.3 Å². The van der Waals surface area contributed by atoms with Gasteiger partial charge in [0, 0.05) is 15.0 Å². The van der Waals surface area contributed by atoms with Gasteiger partial charge in [-0.05, 0) is 66.9 Å². The Morgan fingerprint density at radius 2 is 1.95 bits per heavy atom. The number of thiophene rings is 1. The molecule has 2 heterocycles. The van der Waals surface area contributed by atoms with E-state index in [9.17, 15) is 4.79 Å². The number of aromatic nitrogens is 1. The molecule has 114 valence electrons. The lowest BCUT2D eigenvalue weighted by Crippen LogP contribution is -2.13. The van der Waals surface area contributed by atoms with Crippen molar-refractivity contribution in [2.75, 3.05) is 5.32 Å². The van der Waals surface area contributed by atoms with Crippen LogP contribution in [0.5, 0.6) is 0 Å². The number of carbonyl (C=O) groups excluding carboxylic acids is 1. The second-order valence-corrected chi connectivity index (χ2v) is 7.63. The van der Waals surface area contributed by atoms with E-state index in [1.807, 2.05) is 39.0 Å². The Balaban J connectivity index is 2.02. The fourth-order valence-electron chi connectivity index (χ4n) is 2.56. The number of anilines is 1. The van der Waals surface area contributed by atoms with Gasteiger partial charge in [0.05, 0.1) is 21.5 Å². The largest absolute Gasteiger partial charge is 0.357 e. The molecular weight excluding hydrogens is 360 g/mol. The first-order valence-electron chi connectivity index (χ1n) is 7.04. The zero-order valence-corrected chi connectivity index (χ0v) is 15.3. The second-order valence-electron chi connectivity index (χ2n) is 5.55. The average molecular weight is 377 g/mol. The predicted molar refractivity (Wildman–Crippen MR) is 97.2 cm³/mol. The molecule has 0 aliphatic rings. The van der Waals surface area contributed by atoms with Crippen LogP contribution in [0.25, 0.3) is 10.2 Å². The van der Waals surface area contributed by atoms with E-state index < -0.39 is 0 Å². The number of H-pyrrole nitrogens is 1. The summed E-state index contributed by atoms with van der Waals surface area (Å²) in [6, 6.07) is 5.90. The maximum atomic E-state index is 12.7. The van der Waals surface area contributed by atoms with Crippen LogP contribution in [0.15, 0.2) is 22.7 Å². The van der Waals surface area contributed by atoms with Gasteiger partial charge in [-0.2, -0.15) is 0 Å². The number of nitrogens with one attached hydrogen (secondary N) is 2. The summed E-state index contributed by atoms with van der Waals surface area (Å²) in [6.45, 7) is 8.14. The van der Waals surface area contributed by atoms with E-state index in [4.69, 9.17) is 0 Å². The number of aromatic amines is 1. The molecule has 0 fully saturated rings. The zero-order valence-electron chi connectivity index (χ0n) is 12.9. The van der Waals surface area contributed by atoms with Crippen LogP contribution in [0.4, 0.5) is 5.69 Å². The van der Waals surface area contributed by atoms with Crippen LogP contribution in [-0.4, -0.2) is 10.9 Å². The number of amides is 1. The molecule has 0 atom stereocenters. The molecule has 2 aromatic heterocycles. The van der Waals surface area contributed by atoms with Crippen LogP contribution in [0.1, 0.15) is 32.1 Å². The molecule has 3 rings (SSSR count). The van der Waals surface area contributed by atoms with Crippen LogP contribution >= 0.6 is 27.3 Å². The molecule has 0 aliphatic carbocycles. The minimum Gasteiger partial charge on any atom is -0.357 e. The molecule has 0 spiro atoms. The Labute approximate surface area is 141 Å². The normalized spacial score (nSPS) is 11.1. The van der Waals surface area contributed by atoms with Crippen LogP contribution < -0.4 is 5.32 Å². The number of hydrogen-bond acceptors (Lipinski definition) is 2. The molecule has 22 heavy (non-hydrogen) atoms. The van der Waals surface area contributed by atoms with Crippen LogP contribution in [0.3, 0.4) is 0 Å². The van der Waals surface area contributed by atoms with E-state index in [-0.39, 0.29) is 5.91 Å². The Kier molecular flexibility index (Phi) is 3.87. The Bertz CT molecular complexity index is 892. The summed E-state index contributed by atoms with van der Waals surface area (Å²) in [6.07, 6.45) is 0. The minimum atomic E-state index is -0.0745. The van der Waals surface area contributed by atoms with Crippen molar-refractivity contribution in [1.82, 2.24) is 4.98 Å². The molecule has 0 saturated carbocycles. The molecule has 5 heteroatoms. The standard InChI is InChI=1S/C17H17BrN2OS/c1-8-5-6-13(12(18)7-8)20-17(21)14-11(4)22-16-9(2)10(3)19-15(14)16/h5-7,19H,1-4H3,(H,20,21). The number of fused-ring (bicyclic) bond motifs is 1. The maximum Gasteiger partial charge on any atom is 0.258 e. The van der Waals surface area contributed by atoms with Crippen molar-refractivity contribution in [2.24, 2.45) is 0 Å². The summed E-state index contributed by atoms with van der Waals surface area (Å²) < 4.78 is 2.06. The summed E-state index contributed by atoms with van der Waals surface area (Å²) in [5.41, 5.74) is 5.95. The monoisotopic (exact) mass is 376 g/mol. The third kappa shape index (κ3) is 2.48. The molecule has 3 aromatic rings. The van der Waals surface area contributed by atoms with Gasteiger partial charge in [0.15, 0.2) is 0 Å². The quantitative estimate of drug-likeness (QED) is 0.611. The number of benzene rings is 1. The summed E-state index contributed by atoms with van der Waals surface area (Å²) in [5, 5.41) is 3.00. The Morgan fingerprint density at radius 1 is 1.23 bits per heavy atom. The van der Waals surface area contributed by atoms with Gasteiger partial charge in [-0.15, -0.1) is 11.3 Å². The highest BCUT2D eigenvalue weighted by Crippen LogP contribution is 2.35. The number of aryl methyl sites for hydroxylation is 4. The molecule has 2 N–H and O–H groups in total. The first kappa shape index (κ1) is 15.3. The lowest BCUT2D eigenvalue weighted by atomic mass is 10.2. The van der Waals surface area contributed by atoms with Crippen molar-refractivity contribution in [1.29, 1.82) is 0 Å². The molecule has 0 aliphatic heterocycles. The average Bonchev–Trinajstić information content (AvgIpc) is 2.89. The van der Waals surface area contributed by atoms with Gasteiger partial charge in [-0.3, -0.25) is 4.79 Å². The summed E-state index contributed by atoms with van der Waals surface area (Å²) in [5.74, 6) is -0.0745. The van der Waals surface area contributed by atoms with E-state index in [1.165, 1.54) is 10.3 Å². The summed E-state index contributed by atoms with van der Waals surface area (Å²) in [4.78, 5) is 17.1. The van der Waals surface area contributed by atoms with Crippen molar-refractivity contribution in [3.05, 3.63) is 49.9 Å². The molecule has 0 unspecified atom stereocenters. The molecular formula is C17H17BrN2OS. The van der Waals surface area contributed by atoms with Gasteiger partial charge in [-0.25, -0.2) is 0 Å². The van der Waals surface area contributed by atoms with Crippen molar-refractivity contribution in [3.63, 3.8) is 0 Å². The lowest BCUT2D eigenvalue weighted by molar-refractivity contribution is 0.102. The second kappa shape index (κ2) is 5.56. The van der Waals surface area contributed by atoms with Crippen molar-refractivity contribution in [3.8, 4) is 0 Å². The lowest BCUT2D eigenvalue weighted by Gasteiger charge is -2.08. The Hall–Kier alpha value is -1.59. The fourth-order valence-corrected chi connectivity index (χ4v) is 4.32. The van der Waals surface area contributed by atoms with E-state index in [0.717, 1.165) is 37.4 Å². The van der Waals surface area contributed by atoms with E-state index in [1.54, 1.807) is 11.3 Å². The highest BCUT2D eigenvalue weighted by Gasteiger charge is 2.20. The molecule has 3 nitrogen and oxygen atoms in total. The van der Waals surface area contributed by atoms with Gasteiger partial charge >= 0.3 is 0 Å².